The molecule has 98 valence electrons. The number of alkyl halides is 1. The molecule has 4 atom stereocenters. The Balaban J connectivity index is 1.61. The standard InChI is InChI=1S/C14H24ClNO/c1-2-13(15)5-6-16-14(17)9-12-8-10-3-4-11(12)7-10/h10-13H,2-9H2,1H3,(H,16,17). The molecule has 2 saturated carbocycles. The summed E-state index contributed by atoms with van der Waals surface area (Å²) < 4.78 is 0. The van der Waals surface area contributed by atoms with Crippen molar-refractivity contribution in [2.24, 2.45) is 17.8 Å². The molecule has 1 N–H and O–H groups in total. The van der Waals surface area contributed by atoms with Gasteiger partial charge in [0, 0.05) is 18.3 Å². The fraction of sp³-hybridized carbons (Fsp3) is 0.929. The van der Waals surface area contributed by atoms with Crippen molar-refractivity contribution in [3.8, 4) is 0 Å². The molecule has 0 aromatic rings. The van der Waals surface area contributed by atoms with Gasteiger partial charge in [0.2, 0.25) is 5.91 Å². The number of carbonyl (C=O) groups is 1. The SMILES string of the molecule is CCC(Cl)CCNC(=O)CC1CC2CCC1C2. The number of hydrogen-bond acceptors (Lipinski definition) is 1. The molecule has 0 aromatic carbocycles. The number of carbonyl (C=O) groups excluding carboxylic acids is 1. The third kappa shape index (κ3) is 3.61. The molecular formula is C14H24ClNO. The summed E-state index contributed by atoms with van der Waals surface area (Å²) in [4.78, 5) is 11.8. The van der Waals surface area contributed by atoms with Crippen molar-refractivity contribution in [1.29, 1.82) is 0 Å². The number of amides is 1. The first-order chi connectivity index (χ1) is 8.19. The lowest BCUT2D eigenvalue weighted by atomic mass is 9.86. The first-order valence-electron chi connectivity index (χ1n) is 7.09. The van der Waals surface area contributed by atoms with E-state index < -0.39 is 0 Å². The van der Waals surface area contributed by atoms with Crippen LogP contribution in [0, 0.1) is 17.8 Å². The van der Waals surface area contributed by atoms with Gasteiger partial charge in [-0.05, 0) is 49.9 Å². The molecule has 2 aliphatic carbocycles. The van der Waals surface area contributed by atoms with Crippen LogP contribution in [-0.2, 0) is 4.79 Å². The van der Waals surface area contributed by atoms with E-state index in [0.717, 1.165) is 37.6 Å². The van der Waals surface area contributed by atoms with Gasteiger partial charge in [0.15, 0.2) is 0 Å². The fourth-order valence-corrected chi connectivity index (χ4v) is 3.62. The normalized spacial score (nSPS) is 32.7. The van der Waals surface area contributed by atoms with Crippen LogP contribution in [0.4, 0.5) is 0 Å². The second-order valence-electron chi connectivity index (χ2n) is 5.78. The van der Waals surface area contributed by atoms with Crippen LogP contribution in [0.25, 0.3) is 0 Å². The van der Waals surface area contributed by atoms with E-state index in [1.165, 1.54) is 25.7 Å². The zero-order chi connectivity index (χ0) is 12.3. The lowest BCUT2D eigenvalue weighted by Crippen LogP contribution is -2.29. The molecule has 2 bridgehead atoms. The Kier molecular flexibility index (Phi) is 4.72. The number of hydrogen-bond donors (Lipinski definition) is 1. The molecule has 0 heterocycles. The van der Waals surface area contributed by atoms with Crippen molar-refractivity contribution < 1.29 is 4.79 Å². The molecule has 2 rings (SSSR count). The number of fused-ring (bicyclic) bond motifs is 2. The zero-order valence-corrected chi connectivity index (χ0v) is 11.5. The molecule has 0 aliphatic heterocycles. The van der Waals surface area contributed by atoms with Crippen LogP contribution in [-0.4, -0.2) is 17.8 Å². The second kappa shape index (κ2) is 6.08. The Morgan fingerprint density at radius 1 is 1.41 bits per heavy atom. The summed E-state index contributed by atoms with van der Waals surface area (Å²) in [6.45, 7) is 2.82. The quantitative estimate of drug-likeness (QED) is 0.727. The van der Waals surface area contributed by atoms with Crippen molar-refractivity contribution in [2.75, 3.05) is 6.54 Å². The number of nitrogens with one attached hydrogen (secondary N) is 1. The maximum Gasteiger partial charge on any atom is 0.220 e. The van der Waals surface area contributed by atoms with E-state index in [1.54, 1.807) is 0 Å². The van der Waals surface area contributed by atoms with Gasteiger partial charge in [0.1, 0.15) is 0 Å². The summed E-state index contributed by atoms with van der Waals surface area (Å²) in [5, 5.41) is 3.22. The summed E-state index contributed by atoms with van der Waals surface area (Å²) in [5.41, 5.74) is 0. The predicted octanol–water partition coefficient (Wildman–Crippen LogP) is 3.34. The van der Waals surface area contributed by atoms with Crippen LogP contribution in [0.1, 0.15) is 51.9 Å². The first-order valence-corrected chi connectivity index (χ1v) is 7.53. The maximum absolute atomic E-state index is 11.8. The highest BCUT2D eigenvalue weighted by Crippen LogP contribution is 2.49. The van der Waals surface area contributed by atoms with Crippen molar-refractivity contribution >= 4 is 17.5 Å². The summed E-state index contributed by atoms with van der Waals surface area (Å²) in [7, 11) is 0. The Labute approximate surface area is 109 Å². The van der Waals surface area contributed by atoms with Crippen molar-refractivity contribution in [3.63, 3.8) is 0 Å². The molecule has 0 radical (unpaired) electrons. The van der Waals surface area contributed by atoms with Crippen LogP contribution < -0.4 is 5.32 Å². The highest BCUT2D eigenvalue weighted by molar-refractivity contribution is 6.20. The Morgan fingerprint density at radius 3 is 2.82 bits per heavy atom. The van der Waals surface area contributed by atoms with E-state index in [2.05, 4.69) is 12.2 Å². The maximum atomic E-state index is 11.8. The monoisotopic (exact) mass is 257 g/mol. The van der Waals surface area contributed by atoms with E-state index in [9.17, 15) is 4.79 Å². The summed E-state index contributed by atoms with van der Waals surface area (Å²) in [6, 6.07) is 0. The minimum atomic E-state index is 0.206. The summed E-state index contributed by atoms with van der Waals surface area (Å²) in [6.07, 6.45) is 8.07. The van der Waals surface area contributed by atoms with Crippen LogP contribution in [0.5, 0.6) is 0 Å². The third-order valence-electron chi connectivity index (χ3n) is 4.55. The third-order valence-corrected chi connectivity index (χ3v) is 5.08. The Bertz CT molecular complexity index is 269. The molecule has 2 fully saturated rings. The fourth-order valence-electron chi connectivity index (χ4n) is 3.51. The van der Waals surface area contributed by atoms with Crippen molar-refractivity contribution in [1.82, 2.24) is 5.32 Å². The van der Waals surface area contributed by atoms with Gasteiger partial charge >= 0.3 is 0 Å². The lowest BCUT2D eigenvalue weighted by Gasteiger charge is -2.21. The van der Waals surface area contributed by atoms with Gasteiger partial charge in [-0.1, -0.05) is 13.3 Å². The van der Waals surface area contributed by atoms with Gasteiger partial charge in [-0.3, -0.25) is 4.79 Å². The average Bonchev–Trinajstić information content (AvgIpc) is 2.90. The highest BCUT2D eigenvalue weighted by atomic mass is 35.5. The van der Waals surface area contributed by atoms with E-state index in [4.69, 9.17) is 11.6 Å². The molecule has 4 unspecified atom stereocenters. The molecule has 2 aliphatic rings. The van der Waals surface area contributed by atoms with E-state index in [0.29, 0.717) is 5.92 Å². The zero-order valence-electron chi connectivity index (χ0n) is 10.8. The summed E-state index contributed by atoms with van der Waals surface area (Å²) >= 11 is 6.02. The molecule has 2 nitrogen and oxygen atoms in total. The number of halogens is 1. The first kappa shape index (κ1) is 13.2. The van der Waals surface area contributed by atoms with Crippen molar-refractivity contribution in [3.05, 3.63) is 0 Å². The summed E-state index contributed by atoms with van der Waals surface area (Å²) in [5.74, 6) is 2.70. The lowest BCUT2D eigenvalue weighted by molar-refractivity contribution is -0.122. The molecule has 0 spiro atoms. The van der Waals surface area contributed by atoms with Gasteiger partial charge in [0.25, 0.3) is 0 Å². The second-order valence-corrected chi connectivity index (χ2v) is 6.40. The minimum absolute atomic E-state index is 0.206. The molecule has 3 heteroatoms. The molecule has 1 amide bonds. The van der Waals surface area contributed by atoms with Crippen molar-refractivity contribution in [2.45, 2.75) is 57.2 Å². The van der Waals surface area contributed by atoms with Gasteiger partial charge in [-0.15, -0.1) is 11.6 Å². The minimum Gasteiger partial charge on any atom is -0.356 e. The van der Waals surface area contributed by atoms with Crippen LogP contribution in [0.3, 0.4) is 0 Å². The topological polar surface area (TPSA) is 29.1 Å². The Morgan fingerprint density at radius 2 is 2.24 bits per heavy atom. The van der Waals surface area contributed by atoms with E-state index in [1.807, 2.05) is 0 Å². The largest absolute Gasteiger partial charge is 0.356 e. The Hall–Kier alpha value is -0.240. The van der Waals surface area contributed by atoms with Gasteiger partial charge in [-0.25, -0.2) is 0 Å². The number of rotatable bonds is 6. The molecule has 17 heavy (non-hydrogen) atoms. The average molecular weight is 258 g/mol. The van der Waals surface area contributed by atoms with Crippen LogP contribution in [0.15, 0.2) is 0 Å². The molecule has 0 aromatic heterocycles. The smallest absolute Gasteiger partial charge is 0.220 e. The van der Waals surface area contributed by atoms with Gasteiger partial charge < -0.3 is 5.32 Å². The predicted molar refractivity (Wildman–Crippen MR) is 71.1 cm³/mol. The van der Waals surface area contributed by atoms with Gasteiger partial charge in [-0.2, -0.15) is 0 Å². The molecule has 0 saturated heterocycles. The van der Waals surface area contributed by atoms with E-state index in [-0.39, 0.29) is 11.3 Å². The van der Waals surface area contributed by atoms with Gasteiger partial charge in [0.05, 0.1) is 0 Å². The highest BCUT2D eigenvalue weighted by Gasteiger charge is 2.39. The van der Waals surface area contributed by atoms with E-state index >= 15 is 0 Å². The molecular weight excluding hydrogens is 234 g/mol. The van der Waals surface area contributed by atoms with Crippen LogP contribution >= 0.6 is 11.6 Å². The van der Waals surface area contributed by atoms with Crippen LogP contribution in [0.2, 0.25) is 0 Å².